The summed E-state index contributed by atoms with van der Waals surface area (Å²) < 4.78 is 7.07. The van der Waals surface area contributed by atoms with E-state index in [1.807, 2.05) is 72.3 Å². The summed E-state index contributed by atoms with van der Waals surface area (Å²) in [6.45, 7) is 6.27. The van der Waals surface area contributed by atoms with Crippen molar-refractivity contribution in [1.29, 1.82) is 0 Å². The summed E-state index contributed by atoms with van der Waals surface area (Å²) in [6.07, 6.45) is 0. The number of aryl methyl sites for hydroxylation is 2. The number of para-hydroxylation sites is 3. The quantitative estimate of drug-likeness (QED) is 0.223. The molecule has 3 heterocycles. The summed E-state index contributed by atoms with van der Waals surface area (Å²) >= 11 is 0. The van der Waals surface area contributed by atoms with Crippen LogP contribution in [0.4, 0.5) is 22.9 Å². The summed E-state index contributed by atoms with van der Waals surface area (Å²) in [5.41, 5.74) is 8.29. The number of benzene rings is 4. The maximum Gasteiger partial charge on any atom is 0.338 e. The van der Waals surface area contributed by atoms with Gasteiger partial charge < -0.3 is 15.0 Å². The minimum atomic E-state index is -0.348. The largest absolute Gasteiger partial charge is 0.462 e. The Labute approximate surface area is 250 Å². The molecule has 0 amide bonds. The first-order valence-corrected chi connectivity index (χ1v) is 14.3. The van der Waals surface area contributed by atoms with E-state index in [-0.39, 0.29) is 12.0 Å². The number of aromatic nitrogens is 2. The molecule has 7 rings (SSSR count). The third kappa shape index (κ3) is 4.67. The summed E-state index contributed by atoms with van der Waals surface area (Å²) in [7, 11) is 0. The maximum absolute atomic E-state index is 12.2. The highest BCUT2D eigenvalue weighted by Gasteiger charge is 2.41. The smallest absolute Gasteiger partial charge is 0.338 e. The van der Waals surface area contributed by atoms with Crippen LogP contribution in [-0.4, -0.2) is 34.0 Å². The zero-order chi connectivity index (χ0) is 29.5. The van der Waals surface area contributed by atoms with Gasteiger partial charge in [0.15, 0.2) is 17.5 Å². The van der Waals surface area contributed by atoms with Gasteiger partial charge in [0.2, 0.25) is 0 Å². The number of nitrogens with zero attached hydrogens (tertiary/aromatic N) is 5. The predicted octanol–water partition coefficient (Wildman–Crippen LogP) is 7.46. The van der Waals surface area contributed by atoms with Gasteiger partial charge in [-0.1, -0.05) is 60.2 Å². The number of carbonyl (C=O) groups is 1. The van der Waals surface area contributed by atoms with Crippen molar-refractivity contribution < 1.29 is 9.53 Å². The van der Waals surface area contributed by atoms with Gasteiger partial charge >= 0.3 is 5.97 Å². The number of nitrogens with one attached hydrogen (secondary N) is 1. The molecule has 0 fully saturated rings. The molecule has 8 heteroatoms. The van der Waals surface area contributed by atoms with E-state index >= 15 is 0 Å². The van der Waals surface area contributed by atoms with Crippen molar-refractivity contribution in [3.05, 3.63) is 131 Å². The minimum Gasteiger partial charge on any atom is -0.462 e. The third-order valence-corrected chi connectivity index (χ3v) is 7.69. The van der Waals surface area contributed by atoms with Crippen LogP contribution in [0.15, 0.2) is 113 Å². The molecule has 5 aromatic rings. The van der Waals surface area contributed by atoms with Crippen molar-refractivity contribution in [3.8, 4) is 5.69 Å². The minimum absolute atomic E-state index is 0.194. The molecule has 212 valence electrons. The van der Waals surface area contributed by atoms with E-state index < -0.39 is 0 Å². The fourth-order valence-electron chi connectivity index (χ4n) is 5.65. The number of anilines is 2. The van der Waals surface area contributed by atoms with E-state index in [0.29, 0.717) is 23.8 Å². The first-order chi connectivity index (χ1) is 21.0. The average molecular weight is 567 g/mol. The van der Waals surface area contributed by atoms with E-state index in [4.69, 9.17) is 19.8 Å². The highest BCUT2D eigenvalue weighted by molar-refractivity contribution is 6.51. The zero-order valence-electron chi connectivity index (χ0n) is 24.2. The van der Waals surface area contributed by atoms with Gasteiger partial charge in [-0.05, 0) is 74.9 Å². The second-order valence-corrected chi connectivity index (χ2v) is 10.6. The zero-order valence-corrected chi connectivity index (χ0v) is 24.2. The van der Waals surface area contributed by atoms with Crippen molar-refractivity contribution in [2.24, 2.45) is 9.98 Å². The van der Waals surface area contributed by atoms with Crippen molar-refractivity contribution in [1.82, 2.24) is 9.78 Å². The molecular formula is C35H30N6O2. The van der Waals surface area contributed by atoms with E-state index in [1.54, 1.807) is 19.1 Å². The summed E-state index contributed by atoms with van der Waals surface area (Å²) in [5, 5.41) is 8.49. The molecule has 1 N–H and O–H groups in total. The van der Waals surface area contributed by atoms with Crippen LogP contribution in [-0.2, 0) is 4.74 Å². The predicted molar refractivity (Wildman–Crippen MR) is 170 cm³/mol. The second kappa shape index (κ2) is 10.7. The van der Waals surface area contributed by atoms with Crippen LogP contribution in [0, 0.1) is 13.8 Å². The van der Waals surface area contributed by atoms with E-state index in [1.165, 1.54) is 5.56 Å². The molecule has 43 heavy (non-hydrogen) atoms. The van der Waals surface area contributed by atoms with Crippen LogP contribution in [0.1, 0.15) is 45.7 Å². The van der Waals surface area contributed by atoms with Gasteiger partial charge in [0, 0.05) is 11.3 Å². The lowest BCUT2D eigenvalue weighted by atomic mass is 9.93. The molecule has 2 aliphatic heterocycles. The Morgan fingerprint density at radius 2 is 1.58 bits per heavy atom. The molecule has 8 nitrogen and oxygen atoms in total. The van der Waals surface area contributed by atoms with Crippen LogP contribution in [0.2, 0.25) is 0 Å². The lowest BCUT2D eigenvalue weighted by Crippen LogP contribution is -2.46. The Hall–Kier alpha value is -5.50. The molecule has 0 saturated carbocycles. The van der Waals surface area contributed by atoms with E-state index in [2.05, 4.69) is 47.5 Å². The fraction of sp³-hybridized carbons (Fsp3) is 0.143. The monoisotopic (exact) mass is 566 g/mol. The molecule has 4 aromatic carbocycles. The van der Waals surface area contributed by atoms with Crippen molar-refractivity contribution in [3.63, 3.8) is 0 Å². The molecule has 1 aromatic heterocycles. The number of rotatable bonds is 5. The number of carbonyl (C=O) groups excluding carboxylic acids is 1. The fourth-order valence-corrected chi connectivity index (χ4v) is 5.65. The topological polar surface area (TPSA) is 84.1 Å². The number of esters is 1. The van der Waals surface area contributed by atoms with Crippen LogP contribution in [0.3, 0.4) is 0 Å². The van der Waals surface area contributed by atoms with Gasteiger partial charge in [0.1, 0.15) is 0 Å². The highest BCUT2D eigenvalue weighted by Crippen LogP contribution is 2.48. The highest BCUT2D eigenvalue weighted by atomic mass is 16.5. The Bertz CT molecular complexity index is 1890. The Kier molecular flexibility index (Phi) is 6.58. The van der Waals surface area contributed by atoms with Crippen LogP contribution in [0.25, 0.3) is 5.69 Å². The Balaban J connectivity index is 1.41. The number of amidine groups is 2. The number of hydrogen-bond donors (Lipinski definition) is 1. The summed E-state index contributed by atoms with van der Waals surface area (Å²) in [4.78, 5) is 24.8. The third-order valence-electron chi connectivity index (χ3n) is 7.69. The van der Waals surface area contributed by atoms with Crippen LogP contribution >= 0.6 is 0 Å². The van der Waals surface area contributed by atoms with E-state index in [0.717, 1.165) is 45.4 Å². The lowest BCUT2D eigenvalue weighted by Gasteiger charge is -2.40. The van der Waals surface area contributed by atoms with Gasteiger partial charge in [-0.3, -0.25) is 0 Å². The molecule has 0 unspecified atom stereocenters. The van der Waals surface area contributed by atoms with Crippen LogP contribution < -0.4 is 10.2 Å². The molecule has 0 saturated heterocycles. The number of ether oxygens (including phenoxy) is 1. The van der Waals surface area contributed by atoms with Gasteiger partial charge in [0.05, 0.1) is 41.0 Å². The van der Waals surface area contributed by atoms with Gasteiger partial charge in [0.25, 0.3) is 0 Å². The number of fused-ring (bicyclic) bond motifs is 4. The van der Waals surface area contributed by atoms with E-state index in [9.17, 15) is 4.79 Å². The first-order valence-electron chi connectivity index (χ1n) is 14.3. The van der Waals surface area contributed by atoms with Gasteiger partial charge in [-0.25, -0.2) is 19.5 Å². The number of hydrogen-bond acceptors (Lipinski definition) is 7. The molecule has 0 aliphatic carbocycles. The second-order valence-electron chi connectivity index (χ2n) is 10.6. The summed E-state index contributed by atoms with van der Waals surface area (Å²) in [6, 6.07) is 33.9. The Morgan fingerprint density at radius 1 is 0.860 bits per heavy atom. The molecule has 0 spiro atoms. The average Bonchev–Trinajstić information content (AvgIpc) is 3.37. The lowest BCUT2D eigenvalue weighted by molar-refractivity contribution is 0.0526. The standard InChI is InChI=1S/C35H30N6O2/c1-4-43-35(42)25-18-20-26(21-19-25)36-32-34-38-33-30(23(3)39-41(33)27-10-6-5-7-11-27)31(24-16-14-22(2)15-17-24)40(34)29-13-9-8-12-28(29)37-32/h5-21,31H,4H2,1-3H3,(H,36,37)/t31-/m0/s1. The normalized spacial score (nSPS) is 15.0. The maximum atomic E-state index is 12.2. The van der Waals surface area contributed by atoms with Gasteiger partial charge in [-0.15, -0.1) is 0 Å². The van der Waals surface area contributed by atoms with Gasteiger partial charge in [-0.2, -0.15) is 5.10 Å². The summed E-state index contributed by atoms with van der Waals surface area (Å²) in [5.74, 6) is 1.71. The van der Waals surface area contributed by atoms with Crippen molar-refractivity contribution in [2.45, 2.75) is 26.8 Å². The SMILES string of the molecule is CCOC(=O)c1ccc(NC2=Nc3ccccc3N3C2=Nc2c(c(C)nn2-c2ccccc2)[C@@H]3c2ccc(C)cc2)cc1. The molecule has 2 aliphatic rings. The number of aliphatic imine (C=N–C) groups is 2. The molecule has 0 radical (unpaired) electrons. The van der Waals surface area contributed by atoms with Crippen LogP contribution in [0.5, 0.6) is 0 Å². The van der Waals surface area contributed by atoms with Crippen molar-refractivity contribution >= 4 is 40.5 Å². The molecule has 1 atom stereocenters. The molecular weight excluding hydrogens is 536 g/mol. The first kappa shape index (κ1) is 26.4. The molecule has 0 bridgehead atoms. The Morgan fingerprint density at radius 3 is 2.33 bits per heavy atom. The van der Waals surface area contributed by atoms with Crippen molar-refractivity contribution in [2.75, 3.05) is 16.8 Å².